The summed E-state index contributed by atoms with van der Waals surface area (Å²) in [4.78, 5) is 23.8. The maximum atomic E-state index is 12.3. The highest BCUT2D eigenvalue weighted by molar-refractivity contribution is 5.80. The van der Waals surface area contributed by atoms with Crippen LogP contribution in [0.2, 0.25) is 0 Å². The Bertz CT molecular complexity index is 534. The first kappa shape index (κ1) is 20.1. The molecule has 1 N–H and O–H groups in total. The van der Waals surface area contributed by atoms with Crippen LogP contribution in [0.4, 0.5) is 0 Å². The van der Waals surface area contributed by atoms with Crippen molar-refractivity contribution in [2.75, 3.05) is 72.1 Å². The van der Waals surface area contributed by atoms with Crippen molar-refractivity contribution in [2.45, 2.75) is 32.6 Å². The number of ether oxygens (including phenoxy) is 1. The van der Waals surface area contributed by atoms with Crippen LogP contribution in [0.15, 0.2) is 16.6 Å². The summed E-state index contributed by atoms with van der Waals surface area (Å²) < 4.78 is 5.37. The number of amides is 1. The van der Waals surface area contributed by atoms with Gasteiger partial charge in [0.25, 0.3) is 0 Å². The molecule has 0 aromatic heterocycles. The fourth-order valence-corrected chi connectivity index (χ4v) is 3.90. The zero-order chi connectivity index (χ0) is 18.9. The number of likely N-dealkylation sites (tertiary alicyclic amines) is 1. The van der Waals surface area contributed by atoms with E-state index in [0.29, 0.717) is 12.5 Å². The van der Waals surface area contributed by atoms with Crippen molar-refractivity contribution < 1.29 is 9.53 Å². The average molecular weight is 378 g/mol. The normalized spacial score (nSPS) is 22.1. The van der Waals surface area contributed by atoms with Gasteiger partial charge in [-0.2, -0.15) is 0 Å². The van der Waals surface area contributed by atoms with Crippen LogP contribution in [0.5, 0.6) is 0 Å². The van der Waals surface area contributed by atoms with Crippen LogP contribution >= 0.6 is 0 Å². The van der Waals surface area contributed by atoms with Gasteiger partial charge in [0.15, 0.2) is 5.96 Å². The van der Waals surface area contributed by atoms with E-state index in [2.05, 4.69) is 28.1 Å². The molecule has 0 spiro atoms. The van der Waals surface area contributed by atoms with Crippen LogP contribution < -0.4 is 5.32 Å². The van der Waals surface area contributed by atoms with E-state index in [-0.39, 0.29) is 0 Å². The molecule has 0 saturated carbocycles. The standard InChI is InChI=1S/C20H35N5O2/c1-2-21-20(22-8-5-18-6-15-27-16-7-18)25-13-11-23(12-14-25)17-19(26)24-9-3-4-10-24/h6H,2-5,7-17H2,1H3,(H,21,22). The summed E-state index contributed by atoms with van der Waals surface area (Å²) in [6.45, 7) is 11.6. The molecule has 0 atom stereocenters. The van der Waals surface area contributed by atoms with Gasteiger partial charge in [-0.15, -0.1) is 0 Å². The van der Waals surface area contributed by atoms with E-state index < -0.39 is 0 Å². The third kappa shape index (κ3) is 6.21. The number of rotatable bonds is 6. The van der Waals surface area contributed by atoms with Crippen molar-refractivity contribution in [3.05, 3.63) is 11.6 Å². The molecule has 0 aromatic rings. The fraction of sp³-hybridized carbons (Fsp3) is 0.800. The monoisotopic (exact) mass is 377 g/mol. The Kier molecular flexibility index (Phi) is 7.95. The molecule has 2 saturated heterocycles. The third-order valence-corrected chi connectivity index (χ3v) is 5.58. The van der Waals surface area contributed by atoms with E-state index in [1.807, 2.05) is 4.90 Å². The second-order valence-electron chi connectivity index (χ2n) is 7.52. The second-order valence-corrected chi connectivity index (χ2v) is 7.52. The predicted molar refractivity (Wildman–Crippen MR) is 108 cm³/mol. The van der Waals surface area contributed by atoms with Crippen molar-refractivity contribution in [3.8, 4) is 0 Å². The Hall–Kier alpha value is -1.60. The second kappa shape index (κ2) is 10.7. The van der Waals surface area contributed by atoms with Crippen LogP contribution in [0.1, 0.15) is 32.6 Å². The van der Waals surface area contributed by atoms with Crippen LogP contribution in [-0.2, 0) is 9.53 Å². The largest absolute Gasteiger partial charge is 0.377 e. The lowest BCUT2D eigenvalue weighted by molar-refractivity contribution is -0.131. The van der Waals surface area contributed by atoms with E-state index in [0.717, 1.165) is 97.2 Å². The van der Waals surface area contributed by atoms with Gasteiger partial charge in [0, 0.05) is 52.4 Å². The molecular weight excluding hydrogens is 342 g/mol. The molecule has 3 aliphatic rings. The van der Waals surface area contributed by atoms with Gasteiger partial charge in [0.05, 0.1) is 19.8 Å². The van der Waals surface area contributed by atoms with E-state index in [1.54, 1.807) is 0 Å². The van der Waals surface area contributed by atoms with Crippen molar-refractivity contribution in [3.63, 3.8) is 0 Å². The van der Waals surface area contributed by atoms with Gasteiger partial charge in [-0.05, 0) is 32.6 Å². The molecule has 0 bridgehead atoms. The summed E-state index contributed by atoms with van der Waals surface area (Å²) in [5.74, 6) is 1.31. The number of hydrogen-bond acceptors (Lipinski definition) is 4. The number of carbonyl (C=O) groups excluding carboxylic acids is 1. The first-order chi connectivity index (χ1) is 13.3. The Morgan fingerprint density at radius 3 is 2.59 bits per heavy atom. The first-order valence-electron chi connectivity index (χ1n) is 10.6. The smallest absolute Gasteiger partial charge is 0.236 e. The highest BCUT2D eigenvalue weighted by atomic mass is 16.5. The molecule has 0 unspecified atom stereocenters. The summed E-state index contributed by atoms with van der Waals surface area (Å²) in [6, 6.07) is 0. The van der Waals surface area contributed by atoms with E-state index in [9.17, 15) is 4.79 Å². The number of nitrogens with one attached hydrogen (secondary N) is 1. The molecule has 0 radical (unpaired) electrons. The summed E-state index contributed by atoms with van der Waals surface area (Å²) >= 11 is 0. The predicted octanol–water partition coefficient (Wildman–Crippen LogP) is 0.929. The van der Waals surface area contributed by atoms with Crippen LogP contribution in [-0.4, -0.2) is 98.7 Å². The number of hydrogen-bond donors (Lipinski definition) is 1. The topological polar surface area (TPSA) is 60.4 Å². The number of guanidine groups is 1. The van der Waals surface area contributed by atoms with Crippen molar-refractivity contribution in [2.24, 2.45) is 4.99 Å². The molecule has 7 nitrogen and oxygen atoms in total. The minimum atomic E-state index is 0.297. The zero-order valence-corrected chi connectivity index (χ0v) is 16.8. The van der Waals surface area contributed by atoms with Gasteiger partial charge in [0.2, 0.25) is 5.91 Å². The lowest BCUT2D eigenvalue weighted by Gasteiger charge is -2.36. The van der Waals surface area contributed by atoms with Gasteiger partial charge in [-0.25, -0.2) is 0 Å². The summed E-state index contributed by atoms with van der Waals surface area (Å²) in [7, 11) is 0. The molecule has 0 aromatic carbocycles. The van der Waals surface area contributed by atoms with Crippen molar-refractivity contribution in [1.82, 2.24) is 20.0 Å². The number of nitrogens with zero attached hydrogens (tertiary/aromatic N) is 4. The molecule has 27 heavy (non-hydrogen) atoms. The summed E-state index contributed by atoms with van der Waals surface area (Å²) in [6.07, 6.45) is 6.57. The Labute approximate surface area is 163 Å². The van der Waals surface area contributed by atoms with Gasteiger partial charge in [-0.1, -0.05) is 11.6 Å². The van der Waals surface area contributed by atoms with Crippen LogP contribution in [0, 0.1) is 0 Å². The molecule has 3 aliphatic heterocycles. The molecular formula is C20H35N5O2. The van der Waals surface area contributed by atoms with Crippen LogP contribution in [0.25, 0.3) is 0 Å². The lowest BCUT2D eigenvalue weighted by Crippen LogP contribution is -2.54. The van der Waals surface area contributed by atoms with Crippen LogP contribution in [0.3, 0.4) is 0 Å². The minimum Gasteiger partial charge on any atom is -0.377 e. The van der Waals surface area contributed by atoms with Crippen molar-refractivity contribution >= 4 is 11.9 Å². The third-order valence-electron chi connectivity index (χ3n) is 5.58. The van der Waals surface area contributed by atoms with E-state index >= 15 is 0 Å². The number of aliphatic imine (C=N–C) groups is 1. The molecule has 7 heteroatoms. The number of carbonyl (C=O) groups is 1. The lowest BCUT2D eigenvalue weighted by atomic mass is 10.1. The van der Waals surface area contributed by atoms with Crippen molar-refractivity contribution in [1.29, 1.82) is 0 Å². The quantitative estimate of drug-likeness (QED) is 0.424. The molecule has 3 rings (SSSR count). The van der Waals surface area contributed by atoms with Gasteiger partial charge >= 0.3 is 0 Å². The van der Waals surface area contributed by atoms with Gasteiger partial charge in [-0.3, -0.25) is 14.7 Å². The molecule has 3 heterocycles. The minimum absolute atomic E-state index is 0.297. The SMILES string of the molecule is CCNC(=NCCC1=CCOCC1)N1CCN(CC(=O)N2CCCC2)CC1. The highest BCUT2D eigenvalue weighted by Gasteiger charge is 2.24. The summed E-state index contributed by atoms with van der Waals surface area (Å²) in [5, 5.41) is 3.43. The Morgan fingerprint density at radius 1 is 1.15 bits per heavy atom. The van der Waals surface area contributed by atoms with E-state index in [1.165, 1.54) is 5.57 Å². The number of piperazine rings is 1. The van der Waals surface area contributed by atoms with Gasteiger partial charge in [0.1, 0.15) is 0 Å². The fourth-order valence-electron chi connectivity index (χ4n) is 3.90. The van der Waals surface area contributed by atoms with Gasteiger partial charge < -0.3 is 19.9 Å². The average Bonchev–Trinajstić information content (AvgIpc) is 3.24. The maximum Gasteiger partial charge on any atom is 0.236 e. The molecule has 152 valence electrons. The molecule has 2 fully saturated rings. The maximum absolute atomic E-state index is 12.3. The first-order valence-corrected chi connectivity index (χ1v) is 10.6. The molecule has 0 aliphatic carbocycles. The Balaban J connectivity index is 1.43. The Morgan fingerprint density at radius 2 is 1.93 bits per heavy atom. The zero-order valence-electron chi connectivity index (χ0n) is 16.8. The summed E-state index contributed by atoms with van der Waals surface area (Å²) in [5.41, 5.74) is 1.46. The van der Waals surface area contributed by atoms with E-state index in [4.69, 9.17) is 9.73 Å². The molecule has 1 amide bonds. The highest BCUT2D eigenvalue weighted by Crippen LogP contribution is 2.12.